The summed E-state index contributed by atoms with van der Waals surface area (Å²) in [6.07, 6.45) is 0.706. The fourth-order valence-corrected chi connectivity index (χ4v) is 1.69. The number of halogens is 1. The minimum atomic E-state index is 0.0729. The third-order valence-electron chi connectivity index (χ3n) is 2.18. The van der Waals surface area contributed by atoms with Crippen LogP contribution in [0, 0.1) is 0 Å². The second-order valence-electron chi connectivity index (χ2n) is 3.88. The van der Waals surface area contributed by atoms with E-state index in [-0.39, 0.29) is 6.10 Å². The third kappa shape index (κ3) is 4.07. The molecule has 0 saturated heterocycles. The quantitative estimate of drug-likeness (QED) is 0.798. The van der Waals surface area contributed by atoms with Crippen LogP contribution < -0.4 is 15.4 Å². The minimum Gasteiger partial charge on any atom is -0.493 e. The zero-order valence-corrected chi connectivity index (χ0v) is 11.1. The maximum Gasteiger partial charge on any atom is 0.162 e. The second-order valence-corrected chi connectivity index (χ2v) is 4.29. The van der Waals surface area contributed by atoms with Crippen molar-refractivity contribution in [3.63, 3.8) is 0 Å². The Kier molecular flexibility index (Phi) is 5.55. The smallest absolute Gasteiger partial charge is 0.162 e. The van der Waals surface area contributed by atoms with E-state index in [1.807, 2.05) is 19.9 Å². The van der Waals surface area contributed by atoms with Crippen LogP contribution in [0.4, 0.5) is 0 Å². The SMILES string of the molecule is COc1cc(Cl)c(CCON)cc1OC(C)C. The lowest BCUT2D eigenvalue weighted by molar-refractivity contribution is 0.141. The van der Waals surface area contributed by atoms with Crippen molar-refractivity contribution >= 4 is 11.6 Å². The van der Waals surface area contributed by atoms with Crippen molar-refractivity contribution in [2.75, 3.05) is 13.7 Å². The summed E-state index contributed by atoms with van der Waals surface area (Å²) >= 11 is 6.12. The molecule has 4 nitrogen and oxygen atoms in total. The Morgan fingerprint density at radius 3 is 2.53 bits per heavy atom. The molecule has 0 aliphatic rings. The molecule has 0 aromatic heterocycles. The van der Waals surface area contributed by atoms with Gasteiger partial charge in [0.1, 0.15) is 0 Å². The number of hydrogen-bond acceptors (Lipinski definition) is 4. The van der Waals surface area contributed by atoms with E-state index < -0.39 is 0 Å². The molecule has 1 aromatic rings. The first kappa shape index (κ1) is 14.1. The average Bonchev–Trinajstić information content (AvgIpc) is 2.28. The molecule has 1 aromatic carbocycles. The third-order valence-corrected chi connectivity index (χ3v) is 2.54. The maximum atomic E-state index is 6.12. The summed E-state index contributed by atoms with van der Waals surface area (Å²) in [5.41, 5.74) is 0.925. The summed E-state index contributed by atoms with van der Waals surface area (Å²) in [5.74, 6) is 6.31. The lowest BCUT2D eigenvalue weighted by atomic mass is 10.1. The van der Waals surface area contributed by atoms with Crippen molar-refractivity contribution in [1.82, 2.24) is 0 Å². The zero-order valence-electron chi connectivity index (χ0n) is 10.3. The Morgan fingerprint density at radius 1 is 1.29 bits per heavy atom. The molecule has 0 radical (unpaired) electrons. The second kappa shape index (κ2) is 6.69. The fraction of sp³-hybridized carbons (Fsp3) is 0.500. The highest BCUT2D eigenvalue weighted by Gasteiger charge is 2.11. The minimum absolute atomic E-state index is 0.0729. The normalized spacial score (nSPS) is 10.7. The first-order valence-electron chi connectivity index (χ1n) is 5.43. The molecule has 0 spiro atoms. The summed E-state index contributed by atoms with van der Waals surface area (Å²) in [6, 6.07) is 3.60. The molecule has 2 N–H and O–H groups in total. The number of hydrogen-bond donors (Lipinski definition) is 1. The monoisotopic (exact) mass is 259 g/mol. The van der Waals surface area contributed by atoms with Crippen LogP contribution in [0.25, 0.3) is 0 Å². The Morgan fingerprint density at radius 2 is 2.00 bits per heavy atom. The van der Waals surface area contributed by atoms with Crippen LogP contribution in [-0.4, -0.2) is 19.8 Å². The van der Waals surface area contributed by atoms with Crippen LogP contribution in [0.3, 0.4) is 0 Å². The van der Waals surface area contributed by atoms with Gasteiger partial charge in [-0.05, 0) is 31.9 Å². The number of methoxy groups -OCH3 is 1. The molecule has 5 heteroatoms. The van der Waals surface area contributed by atoms with Gasteiger partial charge in [0.05, 0.1) is 19.8 Å². The molecule has 0 bridgehead atoms. The fourth-order valence-electron chi connectivity index (χ4n) is 1.44. The summed E-state index contributed by atoms with van der Waals surface area (Å²) in [7, 11) is 1.58. The molecule has 0 heterocycles. The molecule has 0 aliphatic carbocycles. The number of rotatable bonds is 6. The van der Waals surface area contributed by atoms with Gasteiger partial charge in [0, 0.05) is 11.1 Å². The van der Waals surface area contributed by atoms with Crippen LogP contribution in [0.15, 0.2) is 12.1 Å². The van der Waals surface area contributed by atoms with Crippen LogP contribution in [0.2, 0.25) is 5.02 Å². The van der Waals surface area contributed by atoms with E-state index in [1.165, 1.54) is 0 Å². The first-order valence-corrected chi connectivity index (χ1v) is 5.81. The van der Waals surface area contributed by atoms with E-state index in [2.05, 4.69) is 4.84 Å². The standard InChI is InChI=1S/C12H18ClNO3/c1-8(2)17-12-6-9(4-5-16-14)10(13)7-11(12)15-3/h6-8H,4-5,14H2,1-3H3. The van der Waals surface area contributed by atoms with Crippen molar-refractivity contribution in [1.29, 1.82) is 0 Å². The predicted molar refractivity (Wildman–Crippen MR) is 67.6 cm³/mol. The lowest BCUT2D eigenvalue weighted by Crippen LogP contribution is -2.08. The molecule has 0 saturated carbocycles. The van der Waals surface area contributed by atoms with Gasteiger partial charge in [-0.2, -0.15) is 0 Å². The highest BCUT2D eigenvalue weighted by molar-refractivity contribution is 6.31. The molecule has 0 fully saturated rings. The molecule has 0 atom stereocenters. The Bertz CT molecular complexity index is 369. The highest BCUT2D eigenvalue weighted by atomic mass is 35.5. The van der Waals surface area contributed by atoms with Crippen LogP contribution in [-0.2, 0) is 11.3 Å². The van der Waals surface area contributed by atoms with E-state index in [9.17, 15) is 0 Å². The van der Waals surface area contributed by atoms with E-state index >= 15 is 0 Å². The van der Waals surface area contributed by atoms with Gasteiger partial charge in [0.15, 0.2) is 11.5 Å². The van der Waals surface area contributed by atoms with Gasteiger partial charge < -0.3 is 14.3 Å². The maximum absolute atomic E-state index is 6.12. The van der Waals surface area contributed by atoms with Crippen molar-refractivity contribution in [2.45, 2.75) is 26.4 Å². The highest BCUT2D eigenvalue weighted by Crippen LogP contribution is 2.34. The molecule has 17 heavy (non-hydrogen) atoms. The molecule has 1 rings (SSSR count). The molecular weight excluding hydrogens is 242 g/mol. The van der Waals surface area contributed by atoms with Gasteiger partial charge in [0.25, 0.3) is 0 Å². The number of nitrogens with two attached hydrogens (primary N) is 1. The average molecular weight is 260 g/mol. The first-order chi connectivity index (χ1) is 8.08. The van der Waals surface area contributed by atoms with Gasteiger partial charge in [-0.3, -0.25) is 0 Å². The van der Waals surface area contributed by atoms with Gasteiger partial charge in [0.2, 0.25) is 0 Å². The van der Waals surface area contributed by atoms with Crippen LogP contribution in [0.5, 0.6) is 11.5 Å². The van der Waals surface area contributed by atoms with E-state index in [4.69, 9.17) is 27.0 Å². The number of ether oxygens (including phenoxy) is 2. The molecule has 0 aliphatic heterocycles. The van der Waals surface area contributed by atoms with E-state index in [0.29, 0.717) is 29.5 Å². The lowest BCUT2D eigenvalue weighted by Gasteiger charge is -2.15. The molecular formula is C12H18ClNO3. The van der Waals surface area contributed by atoms with Crippen molar-refractivity contribution < 1.29 is 14.3 Å². The molecule has 0 amide bonds. The summed E-state index contributed by atoms with van der Waals surface area (Å²) in [6.45, 7) is 4.32. The molecule has 96 valence electrons. The predicted octanol–water partition coefficient (Wildman–Crippen LogP) is 2.57. The Balaban J connectivity index is 2.99. The molecule has 0 unspecified atom stereocenters. The Hall–Kier alpha value is -0.970. The topological polar surface area (TPSA) is 53.7 Å². The van der Waals surface area contributed by atoms with Crippen molar-refractivity contribution in [3.05, 3.63) is 22.7 Å². The van der Waals surface area contributed by atoms with Gasteiger partial charge in [-0.15, -0.1) is 0 Å². The number of benzene rings is 1. The largest absolute Gasteiger partial charge is 0.493 e. The van der Waals surface area contributed by atoms with Gasteiger partial charge in [-0.25, -0.2) is 5.90 Å². The van der Waals surface area contributed by atoms with Crippen molar-refractivity contribution in [2.24, 2.45) is 5.90 Å². The van der Waals surface area contributed by atoms with E-state index in [1.54, 1.807) is 13.2 Å². The van der Waals surface area contributed by atoms with Crippen LogP contribution >= 0.6 is 11.6 Å². The Labute approximate surface area is 107 Å². The van der Waals surface area contributed by atoms with E-state index in [0.717, 1.165) is 5.56 Å². The van der Waals surface area contributed by atoms with Crippen molar-refractivity contribution in [3.8, 4) is 11.5 Å². The van der Waals surface area contributed by atoms with Crippen LogP contribution in [0.1, 0.15) is 19.4 Å². The van der Waals surface area contributed by atoms with Gasteiger partial charge in [-0.1, -0.05) is 11.6 Å². The zero-order chi connectivity index (χ0) is 12.8. The van der Waals surface area contributed by atoms with Gasteiger partial charge >= 0.3 is 0 Å². The summed E-state index contributed by atoms with van der Waals surface area (Å²) < 4.78 is 10.9. The summed E-state index contributed by atoms with van der Waals surface area (Å²) in [4.78, 5) is 4.55. The summed E-state index contributed by atoms with van der Waals surface area (Å²) in [5, 5.41) is 0.620.